The van der Waals surface area contributed by atoms with Gasteiger partial charge in [-0.2, -0.15) is 4.98 Å². The number of hydrogen-bond acceptors (Lipinski definition) is 5. The first-order valence-corrected chi connectivity index (χ1v) is 9.61. The Morgan fingerprint density at radius 2 is 2.00 bits per heavy atom. The van der Waals surface area contributed by atoms with Crippen LogP contribution in [-0.2, 0) is 12.8 Å². The molecule has 8 nitrogen and oxygen atoms in total. The minimum absolute atomic E-state index is 0.0750. The molecule has 1 aromatic carbocycles. The Morgan fingerprint density at radius 3 is 2.68 bits per heavy atom. The van der Waals surface area contributed by atoms with Crippen LogP contribution in [0.25, 0.3) is 0 Å². The zero-order chi connectivity index (χ0) is 20.4. The highest BCUT2D eigenvalue weighted by atomic mass is 16.5. The predicted octanol–water partition coefficient (Wildman–Crippen LogP) is 1.89. The number of nitrogens with one attached hydrogen (secondary N) is 3. The van der Waals surface area contributed by atoms with Gasteiger partial charge in [-0.25, -0.2) is 0 Å². The molecule has 1 heterocycles. The van der Waals surface area contributed by atoms with Gasteiger partial charge in [0.2, 0.25) is 5.89 Å². The molecule has 0 aliphatic rings. The molecule has 0 radical (unpaired) electrons. The van der Waals surface area contributed by atoms with E-state index in [0.29, 0.717) is 11.5 Å². The molecule has 8 heteroatoms. The topological polar surface area (TPSA) is 104 Å². The first-order chi connectivity index (χ1) is 13.5. The van der Waals surface area contributed by atoms with Gasteiger partial charge in [-0.1, -0.05) is 31.1 Å². The van der Waals surface area contributed by atoms with Crippen molar-refractivity contribution in [3.8, 4) is 0 Å². The lowest BCUT2D eigenvalue weighted by Crippen LogP contribution is -2.38. The Labute approximate surface area is 166 Å². The highest BCUT2D eigenvalue weighted by Crippen LogP contribution is 2.10. The minimum Gasteiger partial charge on any atom is -0.356 e. The number of aliphatic imine (C=N–C) groups is 1. The van der Waals surface area contributed by atoms with Crippen LogP contribution in [0.5, 0.6) is 0 Å². The summed E-state index contributed by atoms with van der Waals surface area (Å²) in [5.74, 6) is 2.37. The third kappa shape index (κ3) is 6.68. The van der Waals surface area contributed by atoms with Crippen molar-refractivity contribution in [2.75, 3.05) is 27.2 Å². The van der Waals surface area contributed by atoms with E-state index in [-0.39, 0.29) is 11.8 Å². The van der Waals surface area contributed by atoms with Crippen LogP contribution in [0.2, 0.25) is 0 Å². The molecule has 0 saturated heterocycles. The average Bonchev–Trinajstić information content (AvgIpc) is 3.18. The molecule has 28 heavy (non-hydrogen) atoms. The van der Waals surface area contributed by atoms with E-state index in [1.165, 1.54) is 0 Å². The number of guanidine groups is 1. The van der Waals surface area contributed by atoms with E-state index >= 15 is 0 Å². The lowest BCUT2D eigenvalue weighted by atomic mass is 10.1. The molecule has 1 amide bonds. The van der Waals surface area contributed by atoms with E-state index < -0.39 is 0 Å². The molecule has 3 N–H and O–H groups in total. The summed E-state index contributed by atoms with van der Waals surface area (Å²) in [6.45, 7) is 5.56. The Kier molecular flexibility index (Phi) is 8.45. The fraction of sp³-hybridized carbons (Fsp3) is 0.500. The fourth-order valence-corrected chi connectivity index (χ4v) is 2.61. The summed E-state index contributed by atoms with van der Waals surface area (Å²) in [7, 11) is 3.38. The van der Waals surface area contributed by atoms with Gasteiger partial charge >= 0.3 is 0 Å². The molecular weight excluding hydrogens is 356 g/mol. The molecule has 0 unspecified atom stereocenters. The highest BCUT2D eigenvalue weighted by molar-refractivity contribution is 5.94. The largest absolute Gasteiger partial charge is 0.356 e. The molecule has 2 aromatic rings. The van der Waals surface area contributed by atoms with Crippen molar-refractivity contribution < 1.29 is 9.32 Å². The zero-order valence-corrected chi connectivity index (χ0v) is 17.1. The van der Waals surface area contributed by atoms with Crippen molar-refractivity contribution in [1.29, 1.82) is 0 Å². The third-order valence-electron chi connectivity index (χ3n) is 4.21. The summed E-state index contributed by atoms with van der Waals surface area (Å²) in [6.07, 6.45) is 2.40. The monoisotopic (exact) mass is 386 g/mol. The maximum Gasteiger partial charge on any atom is 0.251 e. The van der Waals surface area contributed by atoms with E-state index in [0.717, 1.165) is 49.7 Å². The van der Waals surface area contributed by atoms with Gasteiger partial charge < -0.3 is 20.5 Å². The molecule has 0 bridgehead atoms. The van der Waals surface area contributed by atoms with Crippen molar-refractivity contribution in [3.63, 3.8) is 0 Å². The van der Waals surface area contributed by atoms with Gasteiger partial charge in [0.1, 0.15) is 0 Å². The van der Waals surface area contributed by atoms with Crippen LogP contribution in [0.4, 0.5) is 0 Å². The Bertz CT molecular complexity index is 785. The smallest absolute Gasteiger partial charge is 0.251 e. The molecular formula is C20H30N6O2. The van der Waals surface area contributed by atoms with Gasteiger partial charge in [0, 0.05) is 45.1 Å². The fourth-order valence-electron chi connectivity index (χ4n) is 2.61. The van der Waals surface area contributed by atoms with Gasteiger partial charge in [-0.05, 0) is 30.5 Å². The summed E-state index contributed by atoms with van der Waals surface area (Å²) in [4.78, 5) is 20.3. The van der Waals surface area contributed by atoms with Crippen molar-refractivity contribution >= 4 is 11.9 Å². The molecule has 1 aromatic heterocycles. The molecule has 152 valence electrons. The summed E-state index contributed by atoms with van der Waals surface area (Å²) in [6, 6.07) is 7.63. The first-order valence-electron chi connectivity index (χ1n) is 9.61. The number of carbonyl (C=O) groups excluding carboxylic acids is 1. The second-order valence-electron chi connectivity index (χ2n) is 6.76. The summed E-state index contributed by atoms with van der Waals surface area (Å²) < 4.78 is 5.24. The highest BCUT2D eigenvalue weighted by Gasteiger charge is 2.09. The van der Waals surface area contributed by atoms with E-state index in [1.807, 2.05) is 38.1 Å². The normalized spacial score (nSPS) is 11.5. The number of carbonyl (C=O) groups is 1. The van der Waals surface area contributed by atoms with Crippen LogP contribution in [0.15, 0.2) is 33.8 Å². The van der Waals surface area contributed by atoms with Crippen LogP contribution in [0.3, 0.4) is 0 Å². The second-order valence-corrected chi connectivity index (χ2v) is 6.76. The van der Waals surface area contributed by atoms with Crippen LogP contribution in [0.1, 0.15) is 53.8 Å². The molecule has 0 saturated carbocycles. The minimum atomic E-state index is -0.0750. The van der Waals surface area contributed by atoms with Crippen molar-refractivity contribution in [3.05, 3.63) is 47.1 Å². The van der Waals surface area contributed by atoms with Gasteiger partial charge in [-0.3, -0.25) is 9.79 Å². The van der Waals surface area contributed by atoms with Crippen LogP contribution in [-0.4, -0.2) is 49.2 Å². The summed E-state index contributed by atoms with van der Waals surface area (Å²) in [5.41, 5.74) is 1.77. The summed E-state index contributed by atoms with van der Waals surface area (Å²) >= 11 is 0. The quantitative estimate of drug-likeness (QED) is 0.345. The zero-order valence-electron chi connectivity index (χ0n) is 17.1. The van der Waals surface area contributed by atoms with Gasteiger partial charge in [0.15, 0.2) is 11.8 Å². The maximum absolute atomic E-state index is 11.7. The van der Waals surface area contributed by atoms with Crippen molar-refractivity contribution in [1.82, 2.24) is 26.1 Å². The van der Waals surface area contributed by atoms with Crippen molar-refractivity contribution in [2.45, 2.75) is 39.0 Å². The number of aromatic nitrogens is 2. The predicted molar refractivity (Wildman–Crippen MR) is 110 cm³/mol. The lowest BCUT2D eigenvalue weighted by Gasteiger charge is -2.11. The molecule has 0 fully saturated rings. The van der Waals surface area contributed by atoms with Crippen LogP contribution < -0.4 is 16.0 Å². The van der Waals surface area contributed by atoms with Gasteiger partial charge in [0.25, 0.3) is 5.91 Å². The SMILES string of the molecule is CN=C(NCCCc1nc(C(C)C)no1)NCCc1cccc(C(=O)NC)c1. The molecule has 0 spiro atoms. The molecule has 0 aliphatic carbocycles. The Balaban J connectivity index is 1.69. The Hall–Kier alpha value is -2.90. The van der Waals surface area contributed by atoms with Gasteiger partial charge in [-0.15, -0.1) is 0 Å². The average molecular weight is 387 g/mol. The van der Waals surface area contributed by atoms with Crippen LogP contribution >= 0.6 is 0 Å². The number of hydrogen-bond donors (Lipinski definition) is 3. The van der Waals surface area contributed by atoms with E-state index in [9.17, 15) is 4.79 Å². The lowest BCUT2D eigenvalue weighted by molar-refractivity contribution is 0.0963. The first kappa shape index (κ1) is 21.4. The maximum atomic E-state index is 11.7. The van der Waals surface area contributed by atoms with E-state index in [1.54, 1.807) is 14.1 Å². The molecule has 0 atom stereocenters. The summed E-state index contributed by atoms with van der Waals surface area (Å²) in [5, 5.41) is 13.2. The van der Waals surface area contributed by atoms with Crippen molar-refractivity contribution in [2.24, 2.45) is 4.99 Å². The number of rotatable bonds is 9. The third-order valence-corrected chi connectivity index (χ3v) is 4.21. The number of nitrogens with zero attached hydrogens (tertiary/aromatic N) is 3. The molecule has 2 rings (SSSR count). The second kappa shape index (κ2) is 11.1. The standard InChI is InChI=1S/C20H30N6O2/c1-14(2)18-25-17(28-26-18)9-6-11-23-20(22-4)24-12-10-15-7-5-8-16(13-15)19(27)21-3/h5,7-8,13-14H,6,9-12H2,1-4H3,(H,21,27)(H2,22,23,24). The number of aryl methyl sites for hydroxylation is 1. The van der Waals surface area contributed by atoms with E-state index in [4.69, 9.17) is 4.52 Å². The number of benzene rings is 1. The van der Waals surface area contributed by atoms with E-state index in [2.05, 4.69) is 31.1 Å². The Morgan fingerprint density at radius 1 is 1.21 bits per heavy atom. The van der Waals surface area contributed by atoms with Crippen LogP contribution in [0, 0.1) is 0 Å². The van der Waals surface area contributed by atoms with Gasteiger partial charge in [0.05, 0.1) is 0 Å². The molecule has 0 aliphatic heterocycles. The number of amides is 1.